The summed E-state index contributed by atoms with van der Waals surface area (Å²) >= 11 is 0. The minimum absolute atomic E-state index is 0.137. The molecule has 4 aliphatic carbocycles. The highest BCUT2D eigenvalue weighted by molar-refractivity contribution is 5.90. The lowest BCUT2D eigenvalue weighted by molar-refractivity contribution is -0.154. The highest BCUT2D eigenvalue weighted by Crippen LogP contribution is 2.54. The Labute approximate surface area is 796 Å². The van der Waals surface area contributed by atoms with Gasteiger partial charge in [0.15, 0.2) is 0 Å². The van der Waals surface area contributed by atoms with Gasteiger partial charge in [-0.3, -0.25) is 29.0 Å². The van der Waals surface area contributed by atoms with Crippen LogP contribution in [-0.2, 0) is 76.1 Å². The predicted molar refractivity (Wildman–Crippen MR) is 505 cm³/mol. The van der Waals surface area contributed by atoms with Gasteiger partial charge in [0.05, 0.1) is 27.7 Å². The third-order valence-corrected chi connectivity index (χ3v) is 35.4. The smallest absolute Gasteiger partial charge is 0.416 e. The van der Waals surface area contributed by atoms with Gasteiger partial charge < -0.3 is 70.6 Å². The summed E-state index contributed by atoms with van der Waals surface area (Å²) in [6.07, 6.45) is -0.0806. The summed E-state index contributed by atoms with van der Waals surface area (Å²) in [6, 6.07) is 26.3. The molecule has 8 fully saturated rings. The van der Waals surface area contributed by atoms with Crippen molar-refractivity contribution in [2.45, 2.75) is 234 Å². The fourth-order valence-corrected chi connectivity index (χ4v) is 27.5. The van der Waals surface area contributed by atoms with Crippen LogP contribution >= 0.6 is 0 Å². The average Bonchev–Trinajstić information content (AvgIpc) is 1.60. The number of carbonyl (C=O) groups is 4. The summed E-state index contributed by atoms with van der Waals surface area (Å²) < 4.78 is 160. The fraction of sp³-hybridized carbons (Fsp3) is 0.604. The highest BCUT2D eigenvalue weighted by Gasteiger charge is 2.52. The zero-order chi connectivity index (χ0) is 97.7. The molecular weight excluding hydrogens is 1800 g/mol. The molecule has 10 N–H and O–H groups in total. The molecule has 12 aliphatic rings. The molecule has 8 saturated heterocycles. The zero-order valence-corrected chi connectivity index (χ0v) is 79.5. The van der Waals surface area contributed by atoms with E-state index < -0.39 is 92.9 Å². The standard InChI is InChI=1S/C32H38F3N3O2.2C25H32F3N3O2.C24H30F3N3O2/c1-21-26-19-37(15-12-31(30(39)40)11-5-13-38(20-31)18-22-6-3-2-4-7-22)14-10-23(26)16-28-29(21)25-17-24(32(33,34)35)8-9-27(25)36-28;1-15-19-14-31(11-8-24(23(32)33)7-3-9-30(24)2)10-6-16(19)12-21-22(15)18-13-17(25(26,27)28)4-5-20(18)29-21;1-15-19-14-31(11-8-24(23(32)33)7-2-3-9-29-24)10-6-16(19)12-21-22(15)18-13-17(25(26,27)28)4-5-20(18)30-21;1-14-18-13-30(10-7-23(22(31)32)6-2-8-28-23)9-5-15(18)11-20-21(14)17-12-16(24(25,26)27)3-4-19(17)29-20/h2-4,6-9,17,21,23,26,36H,5,10-16,18-20H2,1H3,(H,39,40);4-5,13,15-16,19,29H,3,6-12,14H2,1-2H3,(H,32,33);4-5,13,15-16,19,29-30H,2-3,6-12,14H2,1H3,(H,32,33);3-4,12,14-15,18,28-29H,2,5-11,13H2,1H3,(H,31,32)/t21-,23-,26-,31?;2*15-,16-,19-,24?;14-,15-,18-,23?/m1111/s1. The number of piperidine rings is 6. The maximum atomic E-state index is 13.5. The van der Waals surface area contributed by atoms with Crippen molar-refractivity contribution in [1.29, 1.82) is 0 Å². The van der Waals surface area contributed by atoms with Crippen LogP contribution in [-0.4, -0.2) is 229 Å². The first-order valence-electron chi connectivity index (χ1n) is 50.3. The van der Waals surface area contributed by atoms with Gasteiger partial charge in [0.1, 0.15) is 16.6 Å². The molecule has 0 radical (unpaired) electrons. The maximum absolute atomic E-state index is 13.5. The van der Waals surface area contributed by atoms with Crippen LogP contribution in [0.3, 0.4) is 0 Å². The number of likely N-dealkylation sites (N-methyl/N-ethyl adjacent to an activating group) is 1. The molecule has 0 saturated carbocycles. The van der Waals surface area contributed by atoms with Crippen LogP contribution in [0.4, 0.5) is 52.7 Å². The van der Waals surface area contributed by atoms with Crippen molar-refractivity contribution in [2.24, 2.45) is 52.8 Å². The Morgan fingerprint density at radius 3 is 1.01 bits per heavy atom. The lowest BCUT2D eigenvalue weighted by Gasteiger charge is -2.46. The number of likely N-dealkylation sites (tertiary alicyclic amines) is 6. The van der Waals surface area contributed by atoms with E-state index >= 15 is 0 Å². The molecule has 4 aromatic heterocycles. The molecule has 8 aliphatic heterocycles. The van der Waals surface area contributed by atoms with E-state index in [1.165, 1.54) is 29.8 Å². The second kappa shape index (κ2) is 39.0. The minimum atomic E-state index is -4.36. The van der Waals surface area contributed by atoms with Crippen LogP contribution in [0.5, 0.6) is 0 Å². The number of hydrogen-bond acceptors (Lipinski definition) is 12. The van der Waals surface area contributed by atoms with E-state index in [0.717, 1.165) is 286 Å². The summed E-state index contributed by atoms with van der Waals surface area (Å²) in [6.45, 7) is 23.3. The highest BCUT2D eigenvalue weighted by atomic mass is 19.4. The third-order valence-electron chi connectivity index (χ3n) is 35.4. The molecule has 138 heavy (non-hydrogen) atoms. The lowest BCUT2D eigenvalue weighted by Crippen LogP contribution is -2.56. The van der Waals surface area contributed by atoms with Crippen molar-refractivity contribution >= 4 is 67.5 Å². The van der Waals surface area contributed by atoms with Gasteiger partial charge in [-0.15, -0.1) is 0 Å². The van der Waals surface area contributed by atoms with Gasteiger partial charge in [-0.1, -0.05) is 58.0 Å². The summed E-state index contributed by atoms with van der Waals surface area (Å²) in [4.78, 5) is 76.0. The first-order valence-corrected chi connectivity index (χ1v) is 50.3. The zero-order valence-electron chi connectivity index (χ0n) is 79.5. The average molecular weight is 1930 g/mol. The van der Waals surface area contributed by atoms with Gasteiger partial charge in [-0.05, 0) is 372 Å². The number of fused-ring (bicyclic) bond motifs is 16. The number of nitrogens with zero attached hydrogens (tertiary/aromatic N) is 6. The number of alkyl halides is 12. The normalized spacial score (nSPS) is 30.0. The Hall–Kier alpha value is -9.02. The van der Waals surface area contributed by atoms with Crippen LogP contribution < -0.4 is 10.6 Å². The van der Waals surface area contributed by atoms with E-state index in [9.17, 15) is 92.3 Å². The van der Waals surface area contributed by atoms with Crippen molar-refractivity contribution in [1.82, 2.24) is 60.0 Å². The second-order valence-corrected chi connectivity index (χ2v) is 43.1. The number of rotatable bonds is 18. The van der Waals surface area contributed by atoms with Gasteiger partial charge in [0, 0.05) is 125 Å². The quantitative estimate of drug-likeness (QED) is 0.0358. The third kappa shape index (κ3) is 19.8. The number of aliphatic carboxylic acids is 4. The number of benzene rings is 5. The van der Waals surface area contributed by atoms with E-state index in [-0.39, 0.29) is 23.7 Å². The van der Waals surface area contributed by atoms with Crippen LogP contribution in [0.15, 0.2) is 103 Å². The topological polar surface area (TPSA) is 256 Å². The minimum Gasteiger partial charge on any atom is -0.481 e. The van der Waals surface area contributed by atoms with Crippen LogP contribution in [0.25, 0.3) is 43.6 Å². The molecular formula is C106H132F12N12O8. The molecule has 5 aromatic carbocycles. The number of nitrogens with one attached hydrogen (secondary N) is 6. The molecule has 12 heterocycles. The van der Waals surface area contributed by atoms with Crippen molar-refractivity contribution in [3.8, 4) is 0 Å². The summed E-state index contributed by atoms with van der Waals surface area (Å²) in [5.74, 6) is 1.07. The van der Waals surface area contributed by atoms with E-state index in [0.29, 0.717) is 127 Å². The molecule has 21 rings (SSSR count). The maximum Gasteiger partial charge on any atom is 0.416 e. The Bertz CT molecular complexity index is 5910. The van der Waals surface area contributed by atoms with E-state index in [1.807, 2.05) is 30.1 Å². The molecule has 0 amide bonds. The van der Waals surface area contributed by atoms with Crippen molar-refractivity contribution in [2.75, 3.05) is 118 Å². The molecule has 0 spiro atoms. The predicted octanol–water partition coefficient (Wildman–Crippen LogP) is 20.4. The molecule has 16 atom stereocenters. The molecule has 4 unspecified atom stereocenters. The number of aromatic amines is 4. The monoisotopic (exact) mass is 1930 g/mol. The first kappa shape index (κ1) is 99.1. The van der Waals surface area contributed by atoms with Gasteiger partial charge in [-0.2, -0.15) is 52.7 Å². The van der Waals surface area contributed by atoms with Crippen molar-refractivity contribution < 1.29 is 92.3 Å². The van der Waals surface area contributed by atoms with E-state index in [4.69, 9.17) is 0 Å². The Morgan fingerprint density at radius 2 is 0.710 bits per heavy atom. The molecule has 20 nitrogen and oxygen atoms in total. The second-order valence-electron chi connectivity index (χ2n) is 43.1. The van der Waals surface area contributed by atoms with Crippen LogP contribution in [0.1, 0.15) is 233 Å². The number of carboxylic acid groups (broad SMARTS) is 4. The van der Waals surface area contributed by atoms with E-state index in [1.54, 1.807) is 24.3 Å². The molecule has 0 bridgehead atoms. The van der Waals surface area contributed by atoms with Crippen molar-refractivity contribution in [3.05, 3.63) is 176 Å². The van der Waals surface area contributed by atoms with Gasteiger partial charge in [0.25, 0.3) is 0 Å². The van der Waals surface area contributed by atoms with E-state index in [2.05, 4.69) is 94.9 Å². The first-order chi connectivity index (χ1) is 65.6. The molecule has 748 valence electrons. The number of aromatic nitrogens is 4. The Kier molecular flexibility index (Phi) is 28.0. The van der Waals surface area contributed by atoms with Crippen LogP contribution in [0.2, 0.25) is 0 Å². The fourth-order valence-electron chi connectivity index (χ4n) is 27.5. The summed E-state index contributed by atoms with van der Waals surface area (Å²) in [7, 11) is 1.91. The largest absolute Gasteiger partial charge is 0.481 e. The van der Waals surface area contributed by atoms with Gasteiger partial charge >= 0.3 is 48.6 Å². The van der Waals surface area contributed by atoms with Gasteiger partial charge in [-0.25, -0.2) is 0 Å². The lowest BCUT2D eigenvalue weighted by atomic mass is 9.68. The number of halogens is 12. The SMILES string of the molecule is C[C@H]1c2c([nH]c3ccc(C(F)(F)F)cc23)C[C@H]2CCN(CCC3(C(=O)O)CCCCN3)C[C@@H]21.C[C@H]1c2c([nH]c3ccc(C(F)(F)F)cc23)C[C@H]2CCN(CCC3(C(=O)O)CCCN(Cc4ccccc4)C3)C[C@@H]21.C[C@H]1c2c([nH]c3ccc(C(F)(F)F)cc23)C[C@H]2CCN(CCC3(C(=O)O)CCCN3)C[C@@H]21.C[C@H]1c2c([nH]c3ccc(C(F)(F)F)cc23)C[C@H]2CCN(CCC3(C(=O)O)CCCN3C)C[C@@H]21. The number of hydrogen-bond donors (Lipinski definition) is 10. The summed E-state index contributed by atoms with van der Waals surface area (Å²) in [5.41, 5.74) is 7.25. The Morgan fingerprint density at radius 1 is 0.370 bits per heavy atom. The van der Waals surface area contributed by atoms with Crippen LogP contribution in [0, 0.1) is 52.8 Å². The Balaban J connectivity index is 0.000000123. The molecule has 32 heteroatoms. The number of carboxylic acids is 4. The molecule has 9 aromatic rings. The summed E-state index contributed by atoms with van der Waals surface area (Å²) in [5, 5.41) is 49.1. The number of H-pyrrole nitrogens is 4. The van der Waals surface area contributed by atoms with Gasteiger partial charge in [0.2, 0.25) is 0 Å². The van der Waals surface area contributed by atoms with Crippen molar-refractivity contribution in [3.63, 3.8) is 0 Å².